The molecule has 1 aliphatic rings. The Labute approximate surface area is 155 Å². The number of nitrogens with two attached hydrogens (primary N) is 1. The van der Waals surface area contributed by atoms with Crippen LogP contribution in [-0.2, 0) is 9.53 Å². The molecule has 26 heavy (non-hydrogen) atoms. The number of ether oxygens (including phenoxy) is 1. The molecule has 6 heteroatoms. The minimum atomic E-state index is -0.771. The summed E-state index contributed by atoms with van der Waals surface area (Å²) >= 11 is 0. The van der Waals surface area contributed by atoms with E-state index in [1.807, 2.05) is 30.3 Å². The molecule has 2 rings (SSSR count). The second-order valence-corrected chi connectivity index (χ2v) is 7.43. The van der Waals surface area contributed by atoms with Crippen molar-refractivity contribution < 1.29 is 14.3 Å². The highest BCUT2D eigenvalue weighted by Crippen LogP contribution is 2.35. The Morgan fingerprint density at radius 2 is 1.96 bits per heavy atom. The van der Waals surface area contributed by atoms with Crippen LogP contribution in [0.25, 0.3) is 0 Å². The highest BCUT2D eigenvalue weighted by Gasteiger charge is 2.33. The Morgan fingerprint density at radius 3 is 2.58 bits per heavy atom. The Morgan fingerprint density at radius 1 is 1.27 bits per heavy atom. The van der Waals surface area contributed by atoms with Gasteiger partial charge in [0.1, 0.15) is 6.10 Å². The Balaban J connectivity index is 2.08. The number of carbonyl (C=O) groups excluding carboxylic acids is 2. The molecule has 2 amide bonds. The van der Waals surface area contributed by atoms with Gasteiger partial charge in [0.25, 0.3) is 0 Å². The summed E-state index contributed by atoms with van der Waals surface area (Å²) < 4.78 is 5.83. The number of nitrogens with zero attached hydrogens (tertiary/aromatic N) is 1. The molecule has 0 spiro atoms. The maximum atomic E-state index is 12.6. The average Bonchev–Trinajstić information content (AvgIpc) is 2.59. The summed E-state index contributed by atoms with van der Waals surface area (Å²) in [5.41, 5.74) is 8.47. The van der Waals surface area contributed by atoms with E-state index < -0.39 is 6.03 Å². The third-order valence-electron chi connectivity index (χ3n) is 4.96. The van der Waals surface area contributed by atoms with Gasteiger partial charge in [0.15, 0.2) is 0 Å². The van der Waals surface area contributed by atoms with Crippen LogP contribution < -0.4 is 11.2 Å². The molecule has 1 aromatic rings. The number of esters is 1. The zero-order valence-electron chi connectivity index (χ0n) is 15.8. The molecule has 1 saturated carbocycles. The summed E-state index contributed by atoms with van der Waals surface area (Å²) in [5, 5.41) is 3.99. The Kier molecular flexibility index (Phi) is 7.18. The van der Waals surface area contributed by atoms with E-state index in [4.69, 9.17) is 10.5 Å². The van der Waals surface area contributed by atoms with Crippen LogP contribution >= 0.6 is 0 Å². The zero-order chi connectivity index (χ0) is 19.1. The maximum Gasteiger partial charge on any atom is 0.332 e. The normalized spacial score (nSPS) is 23.5. The molecule has 3 atom stereocenters. The first-order chi connectivity index (χ1) is 12.4. The third-order valence-corrected chi connectivity index (χ3v) is 4.96. The van der Waals surface area contributed by atoms with E-state index in [-0.39, 0.29) is 18.5 Å². The van der Waals surface area contributed by atoms with E-state index >= 15 is 0 Å². The number of rotatable bonds is 6. The summed E-state index contributed by atoms with van der Waals surface area (Å²) in [5.74, 6) is 1.08. The van der Waals surface area contributed by atoms with Crippen LogP contribution in [0.4, 0.5) is 4.79 Å². The first-order valence-corrected chi connectivity index (χ1v) is 9.23. The largest absolute Gasteiger partial charge is 0.462 e. The molecule has 6 nitrogen and oxygen atoms in total. The Bertz CT molecular complexity index is 643. The minimum Gasteiger partial charge on any atom is -0.462 e. The van der Waals surface area contributed by atoms with Crippen molar-refractivity contribution in [3.05, 3.63) is 35.9 Å². The molecule has 0 unspecified atom stereocenters. The molecular formula is C20H29N3O3. The average molecular weight is 359 g/mol. The van der Waals surface area contributed by atoms with E-state index in [1.54, 1.807) is 0 Å². The number of nitrogens with one attached hydrogen (secondary N) is 1. The summed E-state index contributed by atoms with van der Waals surface area (Å²) in [4.78, 5) is 23.5. The highest BCUT2D eigenvalue weighted by atomic mass is 16.5. The number of hydrogen-bond donors (Lipinski definition) is 2. The SMILES string of the molecule is CC(C)[C@H]1CC[C@H](C)C[C@H]1OC(=O)C/C(=N\NC(N)=O)c1ccccc1. The molecule has 0 bridgehead atoms. The van der Waals surface area contributed by atoms with E-state index in [0.29, 0.717) is 23.5 Å². The van der Waals surface area contributed by atoms with Gasteiger partial charge in [-0.25, -0.2) is 10.2 Å². The number of primary amides is 1. The molecule has 142 valence electrons. The monoisotopic (exact) mass is 359 g/mol. The predicted octanol–water partition coefficient (Wildman–Crippen LogP) is 3.45. The molecule has 0 radical (unpaired) electrons. The molecular weight excluding hydrogens is 330 g/mol. The lowest BCUT2D eigenvalue weighted by atomic mass is 9.75. The van der Waals surface area contributed by atoms with Crippen LogP contribution in [0.2, 0.25) is 0 Å². The molecule has 0 saturated heterocycles. The molecule has 0 aromatic heterocycles. The maximum absolute atomic E-state index is 12.6. The van der Waals surface area contributed by atoms with Gasteiger partial charge in [0, 0.05) is 0 Å². The summed E-state index contributed by atoms with van der Waals surface area (Å²) in [6.07, 6.45) is 3.08. The van der Waals surface area contributed by atoms with Crippen molar-refractivity contribution in [3.63, 3.8) is 0 Å². The molecule has 0 aliphatic heterocycles. The summed E-state index contributed by atoms with van der Waals surface area (Å²) in [7, 11) is 0. The van der Waals surface area contributed by atoms with Gasteiger partial charge in [-0.2, -0.15) is 5.10 Å². The van der Waals surface area contributed by atoms with Gasteiger partial charge in [-0.15, -0.1) is 0 Å². The molecule has 3 N–H and O–H groups in total. The molecule has 1 aromatic carbocycles. The first-order valence-electron chi connectivity index (χ1n) is 9.23. The van der Waals surface area contributed by atoms with Crippen molar-refractivity contribution in [1.82, 2.24) is 5.43 Å². The fourth-order valence-corrected chi connectivity index (χ4v) is 3.56. The van der Waals surface area contributed by atoms with Gasteiger partial charge in [-0.05, 0) is 36.2 Å². The standard InChI is InChI=1S/C20H29N3O3/c1-13(2)16-10-9-14(3)11-18(16)26-19(24)12-17(22-23-20(21)25)15-7-5-4-6-8-15/h4-8,13-14,16,18H,9-12H2,1-3H3,(H3,21,23,25)/b22-17+/t14-,16+,18+/m0/s1. The lowest BCUT2D eigenvalue weighted by molar-refractivity contribution is -0.154. The van der Waals surface area contributed by atoms with E-state index in [0.717, 1.165) is 18.4 Å². The predicted molar refractivity (Wildman–Crippen MR) is 102 cm³/mol. The lowest BCUT2D eigenvalue weighted by Gasteiger charge is -2.36. The van der Waals surface area contributed by atoms with Crippen LogP contribution in [0.5, 0.6) is 0 Å². The minimum absolute atomic E-state index is 0.0139. The van der Waals surface area contributed by atoms with Gasteiger partial charge < -0.3 is 10.5 Å². The van der Waals surface area contributed by atoms with Crippen LogP contribution in [0.3, 0.4) is 0 Å². The van der Waals surface area contributed by atoms with E-state index in [2.05, 4.69) is 31.3 Å². The number of hydrazone groups is 1. The smallest absolute Gasteiger partial charge is 0.332 e. The van der Waals surface area contributed by atoms with Crippen LogP contribution in [0.15, 0.2) is 35.4 Å². The van der Waals surface area contributed by atoms with Crippen molar-refractivity contribution in [2.45, 2.75) is 52.6 Å². The number of benzene rings is 1. The van der Waals surface area contributed by atoms with Gasteiger partial charge in [0.05, 0.1) is 12.1 Å². The zero-order valence-corrected chi connectivity index (χ0v) is 15.8. The van der Waals surface area contributed by atoms with Crippen LogP contribution in [-0.4, -0.2) is 23.8 Å². The summed E-state index contributed by atoms with van der Waals surface area (Å²) in [6.45, 7) is 6.55. The number of amides is 2. The van der Waals surface area contributed by atoms with Gasteiger partial charge in [-0.3, -0.25) is 4.79 Å². The van der Waals surface area contributed by atoms with E-state index in [1.165, 1.54) is 6.42 Å². The van der Waals surface area contributed by atoms with Crippen molar-refractivity contribution in [3.8, 4) is 0 Å². The lowest BCUT2D eigenvalue weighted by Crippen LogP contribution is -2.36. The van der Waals surface area contributed by atoms with Crippen LogP contribution in [0, 0.1) is 17.8 Å². The van der Waals surface area contributed by atoms with Gasteiger partial charge in [-0.1, -0.05) is 57.5 Å². The molecule has 1 fully saturated rings. The Hall–Kier alpha value is -2.37. The van der Waals surface area contributed by atoms with Gasteiger partial charge in [0.2, 0.25) is 0 Å². The van der Waals surface area contributed by atoms with Crippen molar-refractivity contribution in [2.75, 3.05) is 0 Å². The molecule has 1 aliphatic carbocycles. The van der Waals surface area contributed by atoms with Crippen molar-refractivity contribution in [1.29, 1.82) is 0 Å². The second kappa shape index (κ2) is 9.36. The van der Waals surface area contributed by atoms with Crippen molar-refractivity contribution >= 4 is 17.7 Å². The highest BCUT2D eigenvalue weighted by molar-refractivity contribution is 6.09. The first kappa shape index (κ1) is 19.9. The van der Waals surface area contributed by atoms with Crippen molar-refractivity contribution in [2.24, 2.45) is 28.6 Å². The number of hydrogen-bond acceptors (Lipinski definition) is 4. The summed E-state index contributed by atoms with van der Waals surface area (Å²) in [6, 6.07) is 8.45. The fraction of sp³-hybridized carbons (Fsp3) is 0.550. The topological polar surface area (TPSA) is 93.8 Å². The molecule has 0 heterocycles. The fourth-order valence-electron chi connectivity index (χ4n) is 3.56. The number of urea groups is 1. The van der Waals surface area contributed by atoms with E-state index in [9.17, 15) is 9.59 Å². The number of carbonyl (C=O) groups is 2. The third kappa shape index (κ3) is 5.86. The van der Waals surface area contributed by atoms with Crippen LogP contribution in [0.1, 0.15) is 52.0 Å². The van der Waals surface area contributed by atoms with Gasteiger partial charge >= 0.3 is 12.0 Å². The quantitative estimate of drug-likeness (QED) is 0.463. The second-order valence-electron chi connectivity index (χ2n) is 7.43.